The van der Waals surface area contributed by atoms with Gasteiger partial charge in [-0.25, -0.2) is 0 Å². The molecule has 19 heavy (non-hydrogen) atoms. The Labute approximate surface area is 110 Å². The lowest BCUT2D eigenvalue weighted by molar-refractivity contribution is -0.383. The highest BCUT2D eigenvalue weighted by molar-refractivity contribution is 5.65. The minimum Gasteiger partial charge on any atom is -0.393 e. The summed E-state index contributed by atoms with van der Waals surface area (Å²) < 4.78 is 1.79. The van der Waals surface area contributed by atoms with Crippen molar-refractivity contribution in [3.8, 4) is 0 Å². The van der Waals surface area contributed by atoms with Crippen LogP contribution in [0.4, 0.5) is 17.1 Å². The van der Waals surface area contributed by atoms with Crippen molar-refractivity contribution in [1.82, 2.24) is 9.78 Å². The van der Waals surface area contributed by atoms with E-state index in [1.807, 2.05) is 14.0 Å². The van der Waals surface area contributed by atoms with Crippen LogP contribution in [0.2, 0.25) is 0 Å². The number of nitrogen functional groups attached to an aromatic ring is 1. The molecule has 100 valence electrons. The van der Waals surface area contributed by atoms with E-state index in [0.717, 1.165) is 16.9 Å². The maximum atomic E-state index is 10.7. The molecule has 7 heteroatoms. The van der Waals surface area contributed by atoms with Crippen LogP contribution in [-0.4, -0.2) is 14.7 Å². The van der Waals surface area contributed by atoms with Gasteiger partial charge in [0.25, 0.3) is 5.69 Å². The maximum absolute atomic E-state index is 10.7. The van der Waals surface area contributed by atoms with Crippen LogP contribution in [0, 0.1) is 17.0 Å². The number of nitrogens with two attached hydrogens (primary N) is 1. The summed E-state index contributed by atoms with van der Waals surface area (Å²) in [6.07, 6.45) is 1.79. The summed E-state index contributed by atoms with van der Waals surface area (Å²) in [7, 11) is 1.88. The first kappa shape index (κ1) is 12.9. The van der Waals surface area contributed by atoms with Gasteiger partial charge in [0.05, 0.1) is 11.1 Å². The molecular formula is C12H15N5O2. The number of nitrogens with zero attached hydrogens (tertiary/aromatic N) is 3. The van der Waals surface area contributed by atoms with Crippen LogP contribution in [0.3, 0.4) is 0 Å². The van der Waals surface area contributed by atoms with Gasteiger partial charge in [0.1, 0.15) is 5.69 Å². The Morgan fingerprint density at radius 3 is 2.79 bits per heavy atom. The number of nitro benzene ring substituents is 1. The highest BCUT2D eigenvalue weighted by atomic mass is 16.6. The van der Waals surface area contributed by atoms with Gasteiger partial charge in [-0.05, 0) is 19.1 Å². The molecule has 0 spiro atoms. The summed E-state index contributed by atoms with van der Waals surface area (Å²) in [5.41, 5.74) is 8.58. The van der Waals surface area contributed by atoms with Crippen molar-refractivity contribution in [1.29, 1.82) is 0 Å². The fraction of sp³-hybridized carbons (Fsp3) is 0.250. The zero-order chi connectivity index (χ0) is 14.0. The number of nitro groups is 1. The number of nitrogens with one attached hydrogen (secondary N) is 1. The van der Waals surface area contributed by atoms with E-state index in [9.17, 15) is 10.1 Å². The van der Waals surface area contributed by atoms with Crippen LogP contribution in [0.25, 0.3) is 0 Å². The summed E-state index contributed by atoms with van der Waals surface area (Å²) in [6.45, 7) is 2.57. The van der Waals surface area contributed by atoms with Gasteiger partial charge in [-0.15, -0.1) is 0 Å². The highest BCUT2D eigenvalue weighted by Crippen LogP contribution is 2.25. The van der Waals surface area contributed by atoms with Crippen LogP contribution in [0.1, 0.15) is 11.3 Å². The fourth-order valence-corrected chi connectivity index (χ4v) is 1.75. The number of aryl methyl sites for hydroxylation is 1. The molecule has 2 rings (SSSR count). The largest absolute Gasteiger partial charge is 0.393 e. The summed E-state index contributed by atoms with van der Waals surface area (Å²) in [5, 5.41) is 18.0. The maximum Gasteiger partial charge on any atom is 0.292 e. The van der Waals surface area contributed by atoms with E-state index in [4.69, 9.17) is 5.73 Å². The zero-order valence-corrected chi connectivity index (χ0v) is 10.8. The summed E-state index contributed by atoms with van der Waals surface area (Å²) >= 11 is 0. The lowest BCUT2D eigenvalue weighted by Crippen LogP contribution is -2.03. The topological polar surface area (TPSA) is 99.0 Å². The van der Waals surface area contributed by atoms with E-state index in [1.165, 1.54) is 6.07 Å². The molecule has 0 amide bonds. The van der Waals surface area contributed by atoms with Gasteiger partial charge in [0, 0.05) is 36.6 Å². The Bertz CT molecular complexity index is 621. The Morgan fingerprint density at radius 2 is 2.26 bits per heavy atom. The molecule has 0 aliphatic rings. The van der Waals surface area contributed by atoms with Gasteiger partial charge >= 0.3 is 0 Å². The van der Waals surface area contributed by atoms with E-state index >= 15 is 0 Å². The van der Waals surface area contributed by atoms with Crippen LogP contribution in [-0.2, 0) is 13.6 Å². The molecule has 0 fully saturated rings. The minimum atomic E-state index is -0.496. The van der Waals surface area contributed by atoms with E-state index < -0.39 is 4.92 Å². The quantitative estimate of drug-likeness (QED) is 0.497. The van der Waals surface area contributed by atoms with Crippen LogP contribution >= 0.6 is 0 Å². The van der Waals surface area contributed by atoms with Crippen molar-refractivity contribution in [3.05, 3.63) is 45.8 Å². The van der Waals surface area contributed by atoms with Crippen molar-refractivity contribution in [2.45, 2.75) is 13.5 Å². The third-order valence-corrected chi connectivity index (χ3v) is 3.04. The van der Waals surface area contributed by atoms with Gasteiger partial charge in [-0.3, -0.25) is 14.8 Å². The molecule has 0 radical (unpaired) electrons. The second-order valence-corrected chi connectivity index (χ2v) is 4.26. The van der Waals surface area contributed by atoms with E-state index in [-0.39, 0.29) is 11.4 Å². The number of hydrogen-bond donors (Lipinski definition) is 2. The Morgan fingerprint density at radius 1 is 1.53 bits per heavy atom. The van der Waals surface area contributed by atoms with Crippen molar-refractivity contribution in [2.24, 2.45) is 7.05 Å². The number of anilines is 2. The molecule has 2 aromatic rings. The second-order valence-electron chi connectivity index (χ2n) is 4.26. The molecule has 1 heterocycles. The molecule has 0 atom stereocenters. The molecule has 0 unspecified atom stereocenters. The van der Waals surface area contributed by atoms with Gasteiger partial charge in [-0.2, -0.15) is 5.10 Å². The first-order valence-electron chi connectivity index (χ1n) is 5.74. The molecule has 0 aliphatic carbocycles. The number of benzene rings is 1. The van der Waals surface area contributed by atoms with Gasteiger partial charge in [0.2, 0.25) is 0 Å². The number of rotatable bonds is 4. The first-order valence-corrected chi connectivity index (χ1v) is 5.74. The molecule has 0 saturated heterocycles. The Balaban J connectivity index is 2.10. The molecule has 0 saturated carbocycles. The molecule has 0 bridgehead atoms. The number of hydrogen-bond acceptors (Lipinski definition) is 5. The van der Waals surface area contributed by atoms with Crippen molar-refractivity contribution in [3.63, 3.8) is 0 Å². The fourth-order valence-electron chi connectivity index (χ4n) is 1.75. The van der Waals surface area contributed by atoms with Gasteiger partial charge < -0.3 is 11.1 Å². The molecule has 1 aromatic heterocycles. The Hall–Kier alpha value is -2.57. The monoisotopic (exact) mass is 261 g/mol. The molecule has 0 aliphatic heterocycles. The predicted molar refractivity (Wildman–Crippen MR) is 72.8 cm³/mol. The molecular weight excluding hydrogens is 246 g/mol. The number of aromatic nitrogens is 2. The van der Waals surface area contributed by atoms with E-state index in [0.29, 0.717) is 6.54 Å². The van der Waals surface area contributed by atoms with Crippen LogP contribution in [0.5, 0.6) is 0 Å². The predicted octanol–water partition coefficient (Wildman–Crippen LogP) is 1.83. The third-order valence-electron chi connectivity index (χ3n) is 3.04. The van der Waals surface area contributed by atoms with E-state index in [2.05, 4.69) is 10.4 Å². The third kappa shape index (κ3) is 2.65. The lowest BCUT2D eigenvalue weighted by atomic mass is 10.2. The van der Waals surface area contributed by atoms with Gasteiger partial charge in [-0.1, -0.05) is 0 Å². The molecule has 7 nitrogen and oxygen atoms in total. The Kier molecular flexibility index (Phi) is 3.37. The summed E-state index contributed by atoms with van der Waals surface area (Å²) in [5.74, 6) is 0. The van der Waals surface area contributed by atoms with Crippen LogP contribution < -0.4 is 11.1 Å². The van der Waals surface area contributed by atoms with Crippen molar-refractivity contribution >= 4 is 17.1 Å². The smallest absolute Gasteiger partial charge is 0.292 e. The average Bonchev–Trinajstić information content (AvgIpc) is 2.67. The van der Waals surface area contributed by atoms with Crippen molar-refractivity contribution in [2.75, 3.05) is 11.1 Å². The second kappa shape index (κ2) is 4.97. The lowest BCUT2D eigenvalue weighted by Gasteiger charge is -2.07. The summed E-state index contributed by atoms with van der Waals surface area (Å²) in [6, 6.07) is 4.60. The SMILES string of the molecule is Cc1c(CNc2ccc([N+](=O)[O-])c(N)c2)cnn1C. The highest BCUT2D eigenvalue weighted by Gasteiger charge is 2.11. The zero-order valence-electron chi connectivity index (χ0n) is 10.8. The molecule has 1 aromatic carbocycles. The average molecular weight is 261 g/mol. The van der Waals surface area contributed by atoms with Crippen molar-refractivity contribution < 1.29 is 4.92 Å². The van der Waals surface area contributed by atoms with Crippen LogP contribution in [0.15, 0.2) is 24.4 Å². The van der Waals surface area contributed by atoms with Gasteiger partial charge in [0.15, 0.2) is 0 Å². The normalized spacial score (nSPS) is 10.4. The minimum absolute atomic E-state index is 0.0805. The van der Waals surface area contributed by atoms with E-state index in [1.54, 1.807) is 23.0 Å². The standard InChI is InChI=1S/C12H15N5O2/c1-8-9(7-15-16(8)2)6-14-10-3-4-12(17(18)19)11(13)5-10/h3-5,7,14H,6,13H2,1-2H3. The first-order chi connectivity index (χ1) is 8.99. The molecule has 3 N–H and O–H groups in total. The summed E-state index contributed by atoms with van der Waals surface area (Å²) in [4.78, 5) is 10.2.